The van der Waals surface area contributed by atoms with E-state index in [0.717, 1.165) is 44.6 Å². The molecule has 24 heavy (non-hydrogen) atoms. The van der Waals surface area contributed by atoms with E-state index in [4.69, 9.17) is 0 Å². The van der Waals surface area contributed by atoms with Crippen molar-refractivity contribution in [2.24, 2.45) is 0 Å². The third-order valence-corrected chi connectivity index (χ3v) is 5.17. The molecule has 1 N–H and O–H groups in total. The summed E-state index contributed by atoms with van der Waals surface area (Å²) in [5.74, 6) is -3.70. The maximum absolute atomic E-state index is 13.5. The number of unbranched alkanes of at least 4 members (excludes halogenated alkanes) is 1. The smallest absolute Gasteiger partial charge is 0.196 e. The van der Waals surface area contributed by atoms with Gasteiger partial charge >= 0.3 is 0 Å². The molecule has 2 heterocycles. The molecule has 134 valence electrons. The predicted molar refractivity (Wildman–Crippen MR) is 89.7 cm³/mol. The number of benzene rings is 1. The molecule has 0 aliphatic carbocycles. The topological polar surface area (TPSA) is 18.5 Å². The Bertz CT molecular complexity index is 553. The van der Waals surface area contributed by atoms with Crippen LogP contribution < -0.4 is 5.32 Å². The molecule has 6 heteroatoms. The maximum Gasteiger partial charge on any atom is 0.196 e. The van der Waals surface area contributed by atoms with Crippen molar-refractivity contribution in [3.8, 4) is 0 Å². The van der Waals surface area contributed by atoms with Crippen LogP contribution in [0, 0.1) is 17.5 Å². The minimum Gasteiger partial charge on any atom is -0.383 e. The lowest BCUT2D eigenvalue weighted by atomic mass is 9.99. The molecule has 2 fully saturated rings. The molecule has 0 spiro atoms. The second-order valence-corrected chi connectivity index (χ2v) is 6.84. The fourth-order valence-corrected chi connectivity index (χ4v) is 3.77. The summed E-state index contributed by atoms with van der Waals surface area (Å²) in [7, 11) is 0. The molecule has 3 nitrogen and oxygen atoms in total. The van der Waals surface area contributed by atoms with Gasteiger partial charge in [-0.25, -0.2) is 13.2 Å². The number of anilines is 1. The van der Waals surface area contributed by atoms with Gasteiger partial charge in [0.25, 0.3) is 0 Å². The van der Waals surface area contributed by atoms with Gasteiger partial charge in [0, 0.05) is 32.2 Å². The second kappa shape index (κ2) is 8.21. The molecule has 0 aromatic heterocycles. The van der Waals surface area contributed by atoms with Crippen molar-refractivity contribution in [2.75, 3.05) is 44.6 Å². The van der Waals surface area contributed by atoms with Crippen LogP contribution in [0.3, 0.4) is 0 Å². The first-order chi connectivity index (χ1) is 11.6. The van der Waals surface area contributed by atoms with Gasteiger partial charge in [0.05, 0.1) is 5.69 Å². The summed E-state index contributed by atoms with van der Waals surface area (Å²) in [5.41, 5.74) is 0.0321. The third-order valence-electron chi connectivity index (χ3n) is 5.17. The van der Waals surface area contributed by atoms with E-state index in [-0.39, 0.29) is 5.69 Å². The van der Waals surface area contributed by atoms with E-state index >= 15 is 0 Å². The van der Waals surface area contributed by atoms with E-state index in [9.17, 15) is 13.2 Å². The quantitative estimate of drug-likeness (QED) is 0.631. The molecule has 0 saturated carbocycles. The zero-order valence-corrected chi connectivity index (χ0v) is 14.0. The number of nitrogens with zero attached hydrogens (tertiary/aromatic N) is 2. The van der Waals surface area contributed by atoms with Gasteiger partial charge in [-0.15, -0.1) is 0 Å². The van der Waals surface area contributed by atoms with Crippen LogP contribution in [0.25, 0.3) is 0 Å². The number of rotatable bonds is 6. The number of hydrogen-bond acceptors (Lipinski definition) is 3. The van der Waals surface area contributed by atoms with Gasteiger partial charge in [-0.2, -0.15) is 0 Å². The zero-order chi connectivity index (χ0) is 16.9. The molecule has 1 aromatic rings. The largest absolute Gasteiger partial charge is 0.383 e. The average molecular weight is 341 g/mol. The molecule has 3 rings (SSSR count). The number of halogens is 3. The van der Waals surface area contributed by atoms with Gasteiger partial charge in [0.2, 0.25) is 0 Å². The van der Waals surface area contributed by atoms with Crippen LogP contribution in [-0.4, -0.2) is 55.1 Å². The number of nitrogens with one attached hydrogen (secondary N) is 1. The Kier molecular flexibility index (Phi) is 6.00. The van der Waals surface area contributed by atoms with Crippen molar-refractivity contribution < 1.29 is 13.2 Å². The highest BCUT2D eigenvalue weighted by Gasteiger charge is 2.28. The molecular formula is C18H26F3N3. The highest BCUT2D eigenvalue weighted by Crippen LogP contribution is 2.22. The first-order valence-corrected chi connectivity index (χ1v) is 8.99. The summed E-state index contributed by atoms with van der Waals surface area (Å²) in [6.07, 6.45) is 5.89. The molecule has 0 bridgehead atoms. The highest BCUT2D eigenvalue weighted by molar-refractivity contribution is 5.45. The van der Waals surface area contributed by atoms with Crippen molar-refractivity contribution in [2.45, 2.75) is 38.1 Å². The van der Waals surface area contributed by atoms with Crippen molar-refractivity contribution in [1.29, 1.82) is 0 Å². The molecule has 1 atom stereocenters. The standard InChI is InChI=1S/C18H26F3N3/c19-15-6-7-16(18(21)17(15)20)22-8-2-4-9-23-11-12-24-10-3-1-5-14(24)13-23/h6-7,14,22H,1-5,8-13H2. The molecule has 1 aromatic carbocycles. The Hall–Kier alpha value is -1.27. The van der Waals surface area contributed by atoms with Gasteiger partial charge in [-0.05, 0) is 50.9 Å². The predicted octanol–water partition coefficient (Wildman–Crippen LogP) is 3.47. The zero-order valence-electron chi connectivity index (χ0n) is 14.0. The summed E-state index contributed by atoms with van der Waals surface area (Å²) >= 11 is 0. The van der Waals surface area contributed by atoms with Crippen molar-refractivity contribution in [1.82, 2.24) is 9.80 Å². The van der Waals surface area contributed by atoms with Crippen LogP contribution in [0.2, 0.25) is 0 Å². The lowest BCUT2D eigenvalue weighted by molar-refractivity contribution is 0.0488. The van der Waals surface area contributed by atoms with Crippen LogP contribution in [0.1, 0.15) is 32.1 Å². The minimum absolute atomic E-state index is 0.0321. The normalized spacial score (nSPS) is 22.4. The van der Waals surface area contributed by atoms with E-state index in [1.807, 2.05) is 0 Å². The monoisotopic (exact) mass is 341 g/mol. The summed E-state index contributed by atoms with van der Waals surface area (Å²) < 4.78 is 39.5. The third kappa shape index (κ3) is 4.22. The second-order valence-electron chi connectivity index (χ2n) is 6.84. The Morgan fingerprint density at radius 1 is 1.00 bits per heavy atom. The Morgan fingerprint density at radius 2 is 1.88 bits per heavy atom. The summed E-state index contributed by atoms with van der Waals surface area (Å²) in [6, 6.07) is 2.92. The molecule has 0 radical (unpaired) electrons. The van der Waals surface area contributed by atoms with Gasteiger partial charge < -0.3 is 10.2 Å². The minimum atomic E-state index is -1.41. The first kappa shape index (κ1) is 17.5. The molecule has 1 unspecified atom stereocenters. The fourth-order valence-electron chi connectivity index (χ4n) is 3.77. The highest BCUT2D eigenvalue weighted by atomic mass is 19.2. The van der Waals surface area contributed by atoms with Crippen LogP contribution in [0.4, 0.5) is 18.9 Å². The van der Waals surface area contributed by atoms with E-state index < -0.39 is 17.5 Å². The number of piperazine rings is 1. The summed E-state index contributed by atoms with van der Waals surface area (Å²) in [4.78, 5) is 5.14. The average Bonchev–Trinajstić information content (AvgIpc) is 2.61. The molecule has 2 saturated heterocycles. The van der Waals surface area contributed by atoms with Crippen LogP contribution >= 0.6 is 0 Å². The Morgan fingerprint density at radius 3 is 2.75 bits per heavy atom. The molecule has 2 aliphatic rings. The maximum atomic E-state index is 13.5. The summed E-state index contributed by atoms with van der Waals surface area (Å²) in [5, 5.41) is 2.86. The SMILES string of the molecule is Fc1ccc(NCCCCN2CCN3CCCCC3C2)c(F)c1F. The number of piperidine rings is 1. The summed E-state index contributed by atoms with van der Waals surface area (Å²) in [6.45, 7) is 6.32. The van der Waals surface area contributed by atoms with Gasteiger partial charge in [0.1, 0.15) is 0 Å². The number of hydrogen-bond donors (Lipinski definition) is 1. The first-order valence-electron chi connectivity index (χ1n) is 8.99. The van der Waals surface area contributed by atoms with E-state index in [1.54, 1.807) is 0 Å². The van der Waals surface area contributed by atoms with Crippen molar-refractivity contribution >= 4 is 5.69 Å². The van der Waals surface area contributed by atoms with Crippen molar-refractivity contribution in [3.63, 3.8) is 0 Å². The Labute approximate surface area is 141 Å². The molecule has 2 aliphatic heterocycles. The van der Waals surface area contributed by atoms with Crippen LogP contribution in [0.15, 0.2) is 12.1 Å². The fraction of sp³-hybridized carbons (Fsp3) is 0.667. The van der Waals surface area contributed by atoms with E-state index in [0.29, 0.717) is 6.54 Å². The Balaban J connectivity index is 1.35. The lowest BCUT2D eigenvalue weighted by Gasteiger charge is -2.44. The van der Waals surface area contributed by atoms with Gasteiger partial charge in [-0.3, -0.25) is 4.90 Å². The van der Waals surface area contributed by atoms with Crippen molar-refractivity contribution in [3.05, 3.63) is 29.6 Å². The number of fused-ring (bicyclic) bond motifs is 1. The van der Waals surface area contributed by atoms with Crippen LogP contribution in [0.5, 0.6) is 0 Å². The van der Waals surface area contributed by atoms with Crippen LogP contribution in [-0.2, 0) is 0 Å². The molecule has 0 amide bonds. The van der Waals surface area contributed by atoms with Gasteiger partial charge in [0.15, 0.2) is 17.5 Å². The van der Waals surface area contributed by atoms with Gasteiger partial charge in [-0.1, -0.05) is 6.42 Å². The van der Waals surface area contributed by atoms with E-state index in [1.165, 1.54) is 38.4 Å². The van der Waals surface area contributed by atoms with E-state index in [2.05, 4.69) is 15.1 Å². The lowest BCUT2D eigenvalue weighted by Crippen LogP contribution is -2.54. The molecular weight excluding hydrogens is 315 g/mol.